The standard InChI is InChI=1S/C33H29F3N6/c1-20-3-4-21(18-42-12-10-33(35,36)19-42)14-23(13-20)24-15-27-31(40-41(2)32(27)38-17-24)29-16-26-28(39-29)9-11-37-30(26)22-5-7-25(34)8-6-22/h3-9,11,13-17,20,39H,10,12,18-19H2,1-2H3/t20-/m0/s1. The van der Waals surface area contributed by atoms with E-state index in [1.165, 1.54) is 12.1 Å². The van der Waals surface area contributed by atoms with Gasteiger partial charge in [-0.3, -0.25) is 9.88 Å². The summed E-state index contributed by atoms with van der Waals surface area (Å²) in [6.07, 6.45) is 11.9. The molecular formula is C33H29F3N6. The highest BCUT2D eigenvalue weighted by Crippen LogP contribution is 2.35. The van der Waals surface area contributed by atoms with Crippen LogP contribution in [0.3, 0.4) is 0 Å². The van der Waals surface area contributed by atoms with Crippen LogP contribution in [-0.4, -0.2) is 55.2 Å². The minimum Gasteiger partial charge on any atom is -0.353 e. The van der Waals surface area contributed by atoms with Gasteiger partial charge < -0.3 is 4.98 Å². The summed E-state index contributed by atoms with van der Waals surface area (Å²) in [5.74, 6) is -2.74. The van der Waals surface area contributed by atoms with E-state index in [0.29, 0.717) is 13.1 Å². The monoisotopic (exact) mass is 566 g/mol. The molecule has 1 fully saturated rings. The zero-order valence-corrected chi connectivity index (χ0v) is 23.3. The molecule has 0 unspecified atom stereocenters. The van der Waals surface area contributed by atoms with Gasteiger partial charge in [-0.15, -0.1) is 0 Å². The van der Waals surface area contributed by atoms with Crippen molar-refractivity contribution in [3.05, 3.63) is 96.1 Å². The molecule has 0 radical (unpaired) electrons. The van der Waals surface area contributed by atoms with Crippen molar-refractivity contribution in [2.75, 3.05) is 19.6 Å². The van der Waals surface area contributed by atoms with Crippen LogP contribution in [0.2, 0.25) is 0 Å². The number of nitrogens with zero attached hydrogens (tertiary/aromatic N) is 5. The van der Waals surface area contributed by atoms with Crippen molar-refractivity contribution in [1.29, 1.82) is 0 Å². The fourth-order valence-corrected chi connectivity index (χ4v) is 5.91. The number of hydrogen-bond donors (Lipinski definition) is 1. The number of benzene rings is 1. The Labute approximate surface area is 240 Å². The molecule has 1 saturated heterocycles. The highest BCUT2D eigenvalue weighted by atomic mass is 19.3. The van der Waals surface area contributed by atoms with E-state index in [1.54, 1.807) is 23.0 Å². The highest BCUT2D eigenvalue weighted by molar-refractivity contribution is 6.00. The molecule has 42 heavy (non-hydrogen) atoms. The molecule has 6 nitrogen and oxygen atoms in total. The predicted octanol–water partition coefficient (Wildman–Crippen LogP) is 7.17. The number of hydrogen-bond acceptors (Lipinski definition) is 4. The van der Waals surface area contributed by atoms with Crippen LogP contribution in [0.25, 0.3) is 50.2 Å². The SMILES string of the molecule is C[C@H]1C=CC(CN2CCC(F)(F)C2)=CC(c2cnc3c(c2)c(-c2cc4c(-c5ccc(F)cc5)nccc4[nH]2)nn3C)=C1. The van der Waals surface area contributed by atoms with E-state index in [0.717, 1.165) is 61.3 Å². The summed E-state index contributed by atoms with van der Waals surface area (Å²) in [6, 6.07) is 12.3. The summed E-state index contributed by atoms with van der Waals surface area (Å²) >= 11 is 0. The number of rotatable bonds is 5. The lowest BCUT2D eigenvalue weighted by Gasteiger charge is -2.16. The Morgan fingerprint density at radius 1 is 1.02 bits per heavy atom. The summed E-state index contributed by atoms with van der Waals surface area (Å²) in [5.41, 5.74) is 7.72. The molecule has 2 aliphatic rings. The maximum absolute atomic E-state index is 13.8. The van der Waals surface area contributed by atoms with E-state index in [9.17, 15) is 13.2 Å². The Morgan fingerprint density at radius 2 is 1.86 bits per heavy atom. The number of nitrogens with one attached hydrogen (secondary N) is 1. The first-order valence-corrected chi connectivity index (χ1v) is 14.0. The smallest absolute Gasteiger partial charge is 0.261 e. The van der Waals surface area contributed by atoms with Crippen LogP contribution >= 0.6 is 0 Å². The lowest BCUT2D eigenvalue weighted by Crippen LogP contribution is -2.26. The number of halogens is 3. The third-order valence-electron chi connectivity index (χ3n) is 7.98. The van der Waals surface area contributed by atoms with Crippen LogP contribution in [-0.2, 0) is 7.05 Å². The van der Waals surface area contributed by atoms with Crippen LogP contribution in [0.15, 0.2) is 84.7 Å². The number of aryl methyl sites for hydroxylation is 1. The predicted molar refractivity (Wildman–Crippen MR) is 159 cm³/mol. The van der Waals surface area contributed by atoms with Crippen LogP contribution in [0.4, 0.5) is 13.2 Å². The third kappa shape index (κ3) is 4.94. The molecule has 1 atom stereocenters. The zero-order valence-electron chi connectivity index (χ0n) is 23.3. The second kappa shape index (κ2) is 10.1. The average Bonchev–Trinajstić information content (AvgIpc) is 3.61. The molecule has 5 heterocycles. The van der Waals surface area contributed by atoms with Gasteiger partial charge in [0.25, 0.3) is 5.92 Å². The van der Waals surface area contributed by atoms with Crippen LogP contribution in [0.5, 0.6) is 0 Å². The van der Waals surface area contributed by atoms with Crippen LogP contribution in [0, 0.1) is 11.7 Å². The minimum absolute atomic E-state index is 0.0946. The minimum atomic E-state index is -2.62. The topological polar surface area (TPSA) is 62.6 Å². The number of allylic oxidation sites excluding steroid dienone is 4. The molecule has 4 aromatic heterocycles. The summed E-state index contributed by atoms with van der Waals surface area (Å²) in [6.45, 7) is 2.77. The molecule has 9 heteroatoms. The first kappa shape index (κ1) is 26.4. The molecule has 0 bridgehead atoms. The molecule has 1 aromatic carbocycles. The van der Waals surface area contributed by atoms with E-state index in [-0.39, 0.29) is 24.7 Å². The van der Waals surface area contributed by atoms with Crippen molar-refractivity contribution < 1.29 is 13.2 Å². The Hall–Kier alpha value is -4.50. The van der Waals surface area contributed by atoms with Gasteiger partial charge in [0.2, 0.25) is 0 Å². The Balaban J connectivity index is 1.28. The summed E-state index contributed by atoms with van der Waals surface area (Å²) in [4.78, 5) is 14.7. The quantitative estimate of drug-likeness (QED) is 0.245. The number of aromatic nitrogens is 5. The Kier molecular flexibility index (Phi) is 6.35. The fraction of sp³-hybridized carbons (Fsp3) is 0.242. The molecule has 0 saturated carbocycles. The molecule has 212 valence electrons. The van der Waals surface area contributed by atoms with Crippen molar-refractivity contribution in [2.24, 2.45) is 13.0 Å². The van der Waals surface area contributed by atoms with Crippen LogP contribution < -0.4 is 0 Å². The summed E-state index contributed by atoms with van der Waals surface area (Å²) < 4.78 is 43.0. The van der Waals surface area contributed by atoms with Gasteiger partial charge in [0.1, 0.15) is 11.5 Å². The Morgan fingerprint density at radius 3 is 2.64 bits per heavy atom. The van der Waals surface area contributed by atoms with Gasteiger partial charge in [0.15, 0.2) is 5.65 Å². The average molecular weight is 567 g/mol. The lowest BCUT2D eigenvalue weighted by molar-refractivity contribution is 0.0131. The van der Waals surface area contributed by atoms with Crippen molar-refractivity contribution in [2.45, 2.75) is 19.3 Å². The normalized spacial score (nSPS) is 18.9. The summed E-state index contributed by atoms with van der Waals surface area (Å²) in [7, 11) is 1.87. The molecule has 1 aliphatic carbocycles. The summed E-state index contributed by atoms with van der Waals surface area (Å²) in [5, 5.41) is 6.61. The largest absolute Gasteiger partial charge is 0.353 e. The highest BCUT2D eigenvalue weighted by Gasteiger charge is 2.38. The van der Waals surface area contributed by atoms with Crippen molar-refractivity contribution in [1.82, 2.24) is 29.6 Å². The molecular weight excluding hydrogens is 537 g/mol. The van der Waals surface area contributed by atoms with Crippen molar-refractivity contribution >= 4 is 27.5 Å². The number of aromatic amines is 1. The Bertz CT molecular complexity index is 1910. The molecule has 0 spiro atoms. The number of pyridine rings is 2. The van der Waals surface area contributed by atoms with E-state index in [1.807, 2.05) is 36.4 Å². The van der Waals surface area contributed by atoms with Crippen molar-refractivity contribution in [3.8, 4) is 22.6 Å². The van der Waals surface area contributed by atoms with Gasteiger partial charge in [0, 0.05) is 66.4 Å². The second-order valence-electron chi connectivity index (χ2n) is 11.3. The van der Waals surface area contributed by atoms with Gasteiger partial charge in [0.05, 0.1) is 17.9 Å². The first-order valence-electron chi connectivity index (χ1n) is 14.0. The second-order valence-corrected chi connectivity index (χ2v) is 11.3. The molecule has 1 aliphatic heterocycles. The maximum Gasteiger partial charge on any atom is 0.261 e. The third-order valence-corrected chi connectivity index (χ3v) is 7.98. The van der Waals surface area contributed by atoms with Gasteiger partial charge in [-0.1, -0.05) is 31.2 Å². The maximum atomic E-state index is 13.8. The number of H-pyrrole nitrogens is 1. The van der Waals surface area contributed by atoms with Gasteiger partial charge in [-0.25, -0.2) is 22.8 Å². The van der Waals surface area contributed by atoms with Crippen LogP contribution in [0.1, 0.15) is 18.9 Å². The number of likely N-dealkylation sites (tertiary alicyclic amines) is 1. The molecule has 7 rings (SSSR count). The number of fused-ring (bicyclic) bond motifs is 2. The van der Waals surface area contributed by atoms with E-state index < -0.39 is 5.92 Å². The van der Waals surface area contributed by atoms with E-state index in [4.69, 9.17) is 10.1 Å². The van der Waals surface area contributed by atoms with E-state index in [2.05, 4.69) is 41.2 Å². The van der Waals surface area contributed by atoms with Gasteiger partial charge in [-0.2, -0.15) is 5.10 Å². The van der Waals surface area contributed by atoms with Gasteiger partial charge >= 0.3 is 0 Å². The lowest BCUT2D eigenvalue weighted by atomic mass is 10.0. The van der Waals surface area contributed by atoms with Gasteiger partial charge in [-0.05, 0) is 59.5 Å². The van der Waals surface area contributed by atoms with Crippen molar-refractivity contribution in [3.63, 3.8) is 0 Å². The fourth-order valence-electron chi connectivity index (χ4n) is 5.91. The molecule has 0 amide bonds. The zero-order chi connectivity index (χ0) is 29.0. The molecule has 1 N–H and O–H groups in total. The number of alkyl halides is 2. The first-order chi connectivity index (χ1) is 20.2. The molecule has 5 aromatic rings. The van der Waals surface area contributed by atoms with E-state index >= 15 is 0 Å².